The van der Waals surface area contributed by atoms with Crippen molar-refractivity contribution >= 4 is 21.6 Å². The number of hydrogen-bond acceptors (Lipinski definition) is 10. The molecule has 1 saturated heterocycles. The number of ether oxygens (including phenoxy) is 1. The Morgan fingerprint density at radius 1 is 0.479 bits per heavy atom. The highest BCUT2D eigenvalue weighted by atomic mass is 31.3. The summed E-state index contributed by atoms with van der Waals surface area (Å²) in [5, 5.41) is 32.1. The predicted molar refractivity (Wildman–Crippen MR) is 299 cm³/mol. The van der Waals surface area contributed by atoms with Crippen molar-refractivity contribution in [2.45, 2.75) is 229 Å². The molecular formula is C58H97NO12P2. The molecule has 0 aliphatic carbocycles. The third-order valence-corrected chi connectivity index (χ3v) is 15.3. The van der Waals surface area contributed by atoms with Crippen LogP contribution in [0.2, 0.25) is 0 Å². The highest BCUT2D eigenvalue weighted by Gasteiger charge is 2.49. The lowest BCUT2D eigenvalue weighted by Crippen LogP contribution is -2.64. The van der Waals surface area contributed by atoms with E-state index in [9.17, 15) is 39.0 Å². The zero-order valence-electron chi connectivity index (χ0n) is 46.8. The largest absolute Gasteiger partial charge is 0.483 e. The Kier molecular flexibility index (Phi) is 35.1. The average Bonchev–Trinajstić information content (AvgIpc) is 3.28. The molecule has 0 aromatic rings. The van der Waals surface area contributed by atoms with Crippen LogP contribution in [-0.4, -0.2) is 74.9 Å². The Morgan fingerprint density at radius 2 is 0.781 bits per heavy atom. The zero-order chi connectivity index (χ0) is 55.0. The molecule has 1 heterocycles. The van der Waals surface area contributed by atoms with Gasteiger partial charge >= 0.3 is 15.6 Å². The minimum atomic E-state index is -5.42. The van der Waals surface area contributed by atoms with Crippen LogP contribution in [0.4, 0.5) is 0 Å². The molecular weight excluding hydrogens is 965 g/mol. The van der Waals surface area contributed by atoms with Crippen LogP contribution in [0.5, 0.6) is 0 Å². The van der Waals surface area contributed by atoms with E-state index in [-0.39, 0.29) is 0 Å². The number of amides is 1. The summed E-state index contributed by atoms with van der Waals surface area (Å²) in [6.07, 6.45) is 34.9. The first kappa shape index (κ1) is 68.0. The summed E-state index contributed by atoms with van der Waals surface area (Å²) in [6.45, 7) is 23.9. The maximum atomic E-state index is 12.6. The summed E-state index contributed by atoms with van der Waals surface area (Å²) in [4.78, 5) is 31.9. The molecule has 7 atom stereocenters. The van der Waals surface area contributed by atoms with Gasteiger partial charge in [-0.2, -0.15) is 4.31 Å². The maximum absolute atomic E-state index is 12.6. The van der Waals surface area contributed by atoms with Gasteiger partial charge in [0.05, 0.1) is 13.2 Å². The molecule has 1 fully saturated rings. The number of carbonyl (C=O) groups excluding carboxylic acids is 1. The van der Waals surface area contributed by atoms with E-state index in [2.05, 4.69) is 134 Å². The van der Waals surface area contributed by atoms with Crippen molar-refractivity contribution in [1.29, 1.82) is 0 Å². The maximum Gasteiger partial charge on any atom is 0.483 e. The highest BCUT2D eigenvalue weighted by molar-refractivity contribution is 7.61. The fourth-order valence-electron chi connectivity index (χ4n) is 8.02. The van der Waals surface area contributed by atoms with E-state index in [0.717, 1.165) is 115 Å². The molecule has 1 aliphatic rings. The minimum absolute atomic E-state index is 0.406. The monoisotopic (exact) mass is 1060 g/mol. The van der Waals surface area contributed by atoms with Crippen LogP contribution in [0.1, 0.15) is 199 Å². The first-order valence-corrected chi connectivity index (χ1v) is 29.5. The van der Waals surface area contributed by atoms with E-state index in [4.69, 9.17) is 13.8 Å². The third kappa shape index (κ3) is 34.3. The number of aliphatic hydroxyl groups is 3. The van der Waals surface area contributed by atoms with Gasteiger partial charge in [0.25, 0.3) is 0 Å². The van der Waals surface area contributed by atoms with Crippen molar-refractivity contribution in [3.05, 3.63) is 116 Å². The van der Waals surface area contributed by atoms with E-state index in [1.807, 2.05) is 6.92 Å². The standard InChI is InChI=1S/C58H97NO12P2/c1-43(2)22-13-23-44(3)24-14-25-45(4)26-15-27-46(5)28-16-29-47(6)30-17-31-48(7)32-18-33-49(8)34-19-35-50(9)36-20-37-51(10)38-21-39-52(11)40-41-68-72(64,65)71-73(66,67)70-58-55(59-53(12)61)57(63)56(62)54(42-60)69-58/h22,24,26,28,30,32,34,36,38,40,54-58,60,62-63H,13-21,23,25,27,29,31,33,35,37,39,41-42H2,1-12H3,(H,59,61)(H,64,65)(H,66,67)/b44-24+,45-26-,46-28-,47-30-,48-32-,49-34-,50-36-,51-38-,52-40-/t54-,55-,56-,57-,58-/m1/s1. The van der Waals surface area contributed by atoms with E-state index in [1.165, 1.54) is 56.6 Å². The molecule has 416 valence electrons. The lowest BCUT2D eigenvalue weighted by molar-refractivity contribution is -0.247. The van der Waals surface area contributed by atoms with E-state index >= 15 is 0 Å². The molecule has 0 saturated carbocycles. The number of phosphoric ester groups is 2. The topological polar surface area (TPSA) is 201 Å². The molecule has 15 heteroatoms. The minimum Gasteiger partial charge on any atom is -0.394 e. The van der Waals surface area contributed by atoms with Gasteiger partial charge < -0.3 is 35.2 Å². The van der Waals surface area contributed by atoms with Gasteiger partial charge in [0.15, 0.2) is 6.29 Å². The second-order valence-electron chi connectivity index (χ2n) is 20.4. The molecule has 0 aromatic carbocycles. The number of allylic oxidation sites excluding steroid dienone is 19. The summed E-state index contributed by atoms with van der Waals surface area (Å²) in [5.74, 6) is -0.707. The molecule has 1 amide bonds. The summed E-state index contributed by atoms with van der Waals surface area (Å²) >= 11 is 0. The lowest BCUT2D eigenvalue weighted by atomic mass is 9.97. The SMILES string of the molecule is CC(=O)N[C@H]1[C@@H](OP(=O)(O)OP(=O)(O)OC/C=C(/C)CC/C=C(/C)CC/C=C(/C)CC/C=C(/C)CC/C=C(/C)CC/C=C(/C)CC/C=C(/C)CC/C=C(/C)CC/C=C(\C)CCC=C(C)C)O[C@H](CO)[C@@H](O)[C@@H]1O. The van der Waals surface area contributed by atoms with Gasteiger partial charge in [-0.1, -0.05) is 116 Å². The Balaban J connectivity index is 2.35. The lowest BCUT2D eigenvalue weighted by Gasteiger charge is -2.42. The van der Waals surface area contributed by atoms with Crippen LogP contribution in [0.15, 0.2) is 116 Å². The fraction of sp³-hybridized carbons (Fsp3) is 0.638. The molecule has 73 heavy (non-hydrogen) atoms. The molecule has 1 aliphatic heterocycles. The summed E-state index contributed by atoms with van der Waals surface area (Å²) in [6, 6.07) is -1.58. The molecule has 0 spiro atoms. The number of hydrogen-bond donors (Lipinski definition) is 6. The van der Waals surface area contributed by atoms with Crippen molar-refractivity contribution in [2.24, 2.45) is 0 Å². The van der Waals surface area contributed by atoms with E-state index < -0.39 is 65.4 Å². The Bertz CT molecular complexity index is 2090. The number of phosphoric acid groups is 2. The number of rotatable bonds is 36. The van der Waals surface area contributed by atoms with Gasteiger partial charge in [-0.15, -0.1) is 0 Å². The van der Waals surface area contributed by atoms with Crippen LogP contribution in [0.25, 0.3) is 0 Å². The number of aliphatic hydroxyl groups excluding tert-OH is 3. The molecule has 0 bridgehead atoms. The van der Waals surface area contributed by atoms with Crippen molar-refractivity contribution in [2.75, 3.05) is 13.2 Å². The molecule has 6 N–H and O–H groups in total. The first-order chi connectivity index (χ1) is 34.3. The Labute approximate surface area is 441 Å². The zero-order valence-corrected chi connectivity index (χ0v) is 48.6. The molecule has 1 rings (SSSR count). The van der Waals surface area contributed by atoms with Gasteiger partial charge in [0.1, 0.15) is 24.4 Å². The van der Waals surface area contributed by atoms with Crippen LogP contribution in [-0.2, 0) is 32.0 Å². The smallest absolute Gasteiger partial charge is 0.394 e. The van der Waals surface area contributed by atoms with E-state index in [1.54, 1.807) is 6.08 Å². The molecule has 13 nitrogen and oxygen atoms in total. The summed E-state index contributed by atoms with van der Waals surface area (Å²) in [7, 11) is -10.6. The third-order valence-electron chi connectivity index (χ3n) is 12.7. The Hall–Kier alpha value is -3.03. The molecule has 0 radical (unpaired) electrons. The average molecular weight is 1060 g/mol. The van der Waals surface area contributed by atoms with Gasteiger partial charge in [0, 0.05) is 6.92 Å². The molecule has 2 unspecified atom stereocenters. The normalized spacial score (nSPS) is 22.0. The van der Waals surface area contributed by atoms with Crippen LogP contribution < -0.4 is 5.32 Å². The van der Waals surface area contributed by atoms with Gasteiger partial charge in [-0.25, -0.2) is 9.13 Å². The van der Waals surface area contributed by atoms with Crippen LogP contribution in [0, 0.1) is 0 Å². The van der Waals surface area contributed by atoms with Crippen molar-refractivity contribution in [1.82, 2.24) is 5.32 Å². The molecule has 0 aromatic heterocycles. The van der Waals surface area contributed by atoms with Crippen molar-refractivity contribution < 1.29 is 57.1 Å². The first-order valence-electron chi connectivity index (χ1n) is 26.5. The van der Waals surface area contributed by atoms with Crippen molar-refractivity contribution in [3.63, 3.8) is 0 Å². The summed E-state index contributed by atoms with van der Waals surface area (Å²) < 4.78 is 44.4. The number of carbonyl (C=O) groups is 1. The van der Waals surface area contributed by atoms with Gasteiger partial charge in [-0.05, 0) is 192 Å². The second kappa shape index (κ2) is 37.7. The quantitative estimate of drug-likeness (QED) is 0.0257. The predicted octanol–water partition coefficient (Wildman–Crippen LogP) is 14.7. The number of nitrogens with one attached hydrogen (secondary N) is 1. The van der Waals surface area contributed by atoms with Crippen LogP contribution in [0.3, 0.4) is 0 Å². The Morgan fingerprint density at radius 3 is 1.07 bits per heavy atom. The second-order valence-corrected chi connectivity index (χ2v) is 23.4. The van der Waals surface area contributed by atoms with Gasteiger partial charge in [0.2, 0.25) is 5.91 Å². The van der Waals surface area contributed by atoms with E-state index in [0.29, 0.717) is 6.42 Å². The van der Waals surface area contributed by atoms with Gasteiger partial charge in [-0.3, -0.25) is 13.8 Å². The fourth-order valence-corrected chi connectivity index (χ4v) is 10.1. The highest BCUT2D eigenvalue weighted by Crippen LogP contribution is 2.61. The van der Waals surface area contributed by atoms with Crippen molar-refractivity contribution in [3.8, 4) is 0 Å². The van der Waals surface area contributed by atoms with Crippen LogP contribution >= 0.6 is 15.6 Å². The summed E-state index contributed by atoms with van der Waals surface area (Å²) in [5.41, 5.74) is 13.8.